The Balaban J connectivity index is 1.13. The summed E-state index contributed by atoms with van der Waals surface area (Å²) >= 11 is 0. The van der Waals surface area contributed by atoms with Gasteiger partial charge >= 0.3 is 0 Å². The highest BCUT2D eigenvalue weighted by atomic mass is 28.2. The zero-order valence-electron chi connectivity index (χ0n) is 26.2. The van der Waals surface area contributed by atoms with Crippen LogP contribution in [-0.4, -0.2) is 27.9 Å². The van der Waals surface area contributed by atoms with Crippen LogP contribution in [0.2, 0.25) is 5.04 Å². The van der Waals surface area contributed by atoms with Crippen molar-refractivity contribution >= 4 is 21.3 Å². The van der Waals surface area contributed by atoms with Crippen molar-refractivity contribution in [2.45, 2.75) is 149 Å². The van der Waals surface area contributed by atoms with Crippen molar-refractivity contribution in [2.24, 2.45) is 40.9 Å². The molecule has 0 amide bonds. The highest BCUT2D eigenvalue weighted by Gasteiger charge is 2.58. The monoisotopic (exact) mass is 556 g/mol. The van der Waals surface area contributed by atoms with Gasteiger partial charge in [0, 0.05) is 24.9 Å². The first-order chi connectivity index (χ1) is 18.6. The fourth-order valence-electron chi connectivity index (χ4n) is 8.80. The minimum Gasteiger partial charge on any atom is -0.423 e. The number of rotatable bonds is 15. The smallest absolute Gasteiger partial charge is 0.167 e. The van der Waals surface area contributed by atoms with Gasteiger partial charge < -0.3 is 4.43 Å². The third-order valence-electron chi connectivity index (χ3n) is 12.1. The van der Waals surface area contributed by atoms with Crippen molar-refractivity contribution in [3.8, 4) is 0 Å². The molecule has 0 aromatic rings. The van der Waals surface area contributed by atoms with Gasteiger partial charge in [-0.2, -0.15) is 0 Å². The molecule has 6 atom stereocenters. The Hall–Kier alpha value is -0.743. The van der Waals surface area contributed by atoms with Crippen LogP contribution in [0, 0.1) is 40.9 Å². The lowest BCUT2D eigenvalue weighted by Crippen LogP contribution is -2.50. The largest absolute Gasteiger partial charge is 0.423 e. The molecule has 222 valence electrons. The van der Waals surface area contributed by atoms with Crippen LogP contribution in [0.25, 0.3) is 0 Å². The van der Waals surface area contributed by atoms with Gasteiger partial charge in [-0.1, -0.05) is 91.6 Å². The first-order valence-electron chi connectivity index (χ1n) is 17.0. The van der Waals surface area contributed by atoms with Crippen molar-refractivity contribution in [3.05, 3.63) is 11.6 Å². The Morgan fingerprint density at radius 3 is 2.31 bits per heavy atom. The van der Waals surface area contributed by atoms with Crippen molar-refractivity contribution in [2.75, 3.05) is 6.61 Å². The summed E-state index contributed by atoms with van der Waals surface area (Å²) in [5, 5.41) is 0.417. The van der Waals surface area contributed by atoms with Gasteiger partial charge in [-0.15, -0.1) is 0 Å². The fraction of sp³-hybridized carbons (Fsp3) is 0.886. The number of carbonyl (C=O) groups excluding carboxylic acids is 2. The maximum absolute atomic E-state index is 12.9. The summed E-state index contributed by atoms with van der Waals surface area (Å²) in [6, 6.07) is 0. The van der Waals surface area contributed by atoms with Gasteiger partial charge in [-0.05, 0) is 91.6 Å². The van der Waals surface area contributed by atoms with E-state index in [0.717, 1.165) is 57.0 Å². The van der Waals surface area contributed by atoms with E-state index in [1.54, 1.807) is 0 Å². The summed E-state index contributed by atoms with van der Waals surface area (Å²) in [5.74, 6) is 4.99. The van der Waals surface area contributed by atoms with Crippen LogP contribution in [-0.2, 0) is 14.0 Å². The highest BCUT2D eigenvalue weighted by molar-refractivity contribution is 6.32. The third kappa shape index (κ3) is 7.56. The summed E-state index contributed by atoms with van der Waals surface area (Å²) in [4.78, 5) is 25.2. The van der Waals surface area contributed by atoms with Crippen molar-refractivity contribution < 1.29 is 14.0 Å². The van der Waals surface area contributed by atoms with Gasteiger partial charge in [0.05, 0.1) is 0 Å². The number of ketones is 2. The van der Waals surface area contributed by atoms with E-state index in [1.165, 1.54) is 76.2 Å². The number of hydrogen-bond acceptors (Lipinski definition) is 3. The predicted molar refractivity (Wildman–Crippen MR) is 166 cm³/mol. The molecular weight excluding hydrogens is 496 g/mol. The van der Waals surface area contributed by atoms with Crippen molar-refractivity contribution in [1.82, 2.24) is 0 Å². The van der Waals surface area contributed by atoms with Gasteiger partial charge in [-0.3, -0.25) is 9.59 Å². The Morgan fingerprint density at radius 2 is 1.62 bits per heavy atom. The van der Waals surface area contributed by atoms with Crippen LogP contribution in [0.1, 0.15) is 144 Å². The lowest BCUT2D eigenvalue weighted by Gasteiger charge is -2.55. The number of Topliss-reactive ketones (excluding diaryl/α,β-unsaturated/α-hetero) is 1. The van der Waals surface area contributed by atoms with E-state index in [2.05, 4.69) is 34.6 Å². The summed E-state index contributed by atoms with van der Waals surface area (Å²) < 4.78 is 6.09. The maximum atomic E-state index is 12.9. The Bertz CT molecular complexity index is 860. The van der Waals surface area contributed by atoms with Crippen LogP contribution in [0.5, 0.6) is 0 Å². The molecule has 0 unspecified atom stereocenters. The minimum atomic E-state index is -0.429. The normalized spacial score (nSPS) is 33.0. The molecule has 0 bridgehead atoms. The number of unbranched alkanes of at least 4 members (excludes halogenated alkanes) is 8. The Morgan fingerprint density at radius 1 is 0.949 bits per heavy atom. The first-order valence-corrected chi connectivity index (χ1v) is 18.3. The molecule has 0 aromatic heterocycles. The number of carbonyl (C=O) groups is 2. The van der Waals surface area contributed by atoms with Crippen LogP contribution >= 0.6 is 0 Å². The van der Waals surface area contributed by atoms with Crippen molar-refractivity contribution in [1.29, 1.82) is 0 Å². The molecule has 0 aliphatic heterocycles. The zero-order chi connectivity index (χ0) is 28.0. The molecule has 0 radical (unpaired) electrons. The molecule has 0 saturated heterocycles. The fourth-order valence-corrected chi connectivity index (χ4v) is 10.0. The zero-order valence-corrected chi connectivity index (χ0v) is 27.6. The molecule has 0 aromatic carbocycles. The average molecular weight is 557 g/mol. The predicted octanol–water partition coefficient (Wildman–Crippen LogP) is 8.78. The maximum Gasteiger partial charge on any atom is 0.167 e. The molecule has 0 N–H and O–H groups in total. The van der Waals surface area contributed by atoms with E-state index in [9.17, 15) is 9.59 Å². The van der Waals surface area contributed by atoms with Crippen LogP contribution in [0.15, 0.2) is 11.6 Å². The minimum absolute atomic E-state index is 0.0517. The van der Waals surface area contributed by atoms with E-state index >= 15 is 0 Å². The van der Waals surface area contributed by atoms with E-state index < -0.39 is 9.76 Å². The standard InChI is InChI=1S/C35H60O3Si/c1-25(2)34(3,4)39-38-22-14-12-10-8-6-7-9-11-13-15-26-23-27-24-28(36)16-17-29(27)30-20-21-35(5)31(33(26)30)18-19-32(35)37/h24-26,29-31,33H,6-23,39H2,1-5H3/t26-,29-,30+,31-,33+,35-/m0/s1. The molecular formula is C35H60O3Si. The summed E-state index contributed by atoms with van der Waals surface area (Å²) in [5.41, 5.74) is 1.44. The average Bonchev–Trinajstić information content (AvgIpc) is 3.20. The number of fused-ring (bicyclic) bond motifs is 5. The Labute approximate surface area is 243 Å². The van der Waals surface area contributed by atoms with E-state index in [1.807, 2.05) is 6.08 Å². The molecule has 4 rings (SSSR count). The van der Waals surface area contributed by atoms with Gasteiger partial charge in [0.15, 0.2) is 15.5 Å². The molecule has 3 nitrogen and oxygen atoms in total. The highest BCUT2D eigenvalue weighted by Crippen LogP contribution is 2.62. The molecule has 4 aliphatic carbocycles. The second kappa shape index (κ2) is 13.9. The molecule has 39 heavy (non-hydrogen) atoms. The molecule has 0 spiro atoms. The second-order valence-corrected chi connectivity index (χ2v) is 17.7. The molecule has 4 heteroatoms. The molecule has 3 fully saturated rings. The lowest BCUT2D eigenvalue weighted by atomic mass is 9.49. The second-order valence-electron chi connectivity index (χ2n) is 15.2. The van der Waals surface area contributed by atoms with E-state index in [-0.39, 0.29) is 5.41 Å². The van der Waals surface area contributed by atoms with Crippen LogP contribution in [0.3, 0.4) is 0 Å². The topological polar surface area (TPSA) is 43.4 Å². The van der Waals surface area contributed by atoms with Gasteiger partial charge in [0.25, 0.3) is 0 Å². The van der Waals surface area contributed by atoms with Gasteiger partial charge in [0.2, 0.25) is 0 Å². The summed E-state index contributed by atoms with van der Waals surface area (Å²) in [7, 11) is -0.429. The van der Waals surface area contributed by atoms with Crippen LogP contribution in [0.4, 0.5) is 0 Å². The number of hydrogen-bond donors (Lipinski definition) is 0. The van der Waals surface area contributed by atoms with Crippen molar-refractivity contribution in [3.63, 3.8) is 0 Å². The SMILES string of the molecule is CC(C)C(C)(C)[SiH2]OCCCCCCCCCCC[C@H]1CC2=CC(=O)CC[C@@H]2[C@H]2CC[C@]3(C)C(=O)CC[C@H]3[C@H]12. The van der Waals surface area contributed by atoms with E-state index in [0.29, 0.717) is 40.3 Å². The molecule has 0 heterocycles. The molecule has 4 aliphatic rings. The van der Waals surface area contributed by atoms with Gasteiger partial charge in [0.1, 0.15) is 5.78 Å². The summed E-state index contributed by atoms with van der Waals surface area (Å²) in [6.45, 7) is 12.6. The Kier molecular flexibility index (Phi) is 11.2. The van der Waals surface area contributed by atoms with Gasteiger partial charge in [-0.25, -0.2) is 0 Å². The van der Waals surface area contributed by atoms with Crippen LogP contribution < -0.4 is 0 Å². The first kappa shape index (κ1) is 31.2. The third-order valence-corrected chi connectivity index (χ3v) is 14.1. The summed E-state index contributed by atoms with van der Waals surface area (Å²) in [6.07, 6.45) is 22.6. The quantitative estimate of drug-likeness (QED) is 0.149. The number of allylic oxidation sites excluding steroid dienone is 1. The van der Waals surface area contributed by atoms with E-state index in [4.69, 9.17) is 4.43 Å². The molecule has 3 saturated carbocycles. The lowest BCUT2D eigenvalue weighted by molar-refractivity contribution is -0.132.